The number of aromatic nitrogens is 1. The number of amides is 2. The molecule has 2 aromatic carbocycles. The molecule has 0 atom stereocenters. The molecule has 0 unspecified atom stereocenters. The predicted molar refractivity (Wildman–Crippen MR) is 122 cm³/mol. The van der Waals surface area contributed by atoms with E-state index >= 15 is 0 Å². The van der Waals surface area contributed by atoms with Gasteiger partial charge in [-0.15, -0.1) is 0 Å². The predicted octanol–water partition coefficient (Wildman–Crippen LogP) is 3.74. The lowest BCUT2D eigenvalue weighted by Gasteiger charge is -2.20. The van der Waals surface area contributed by atoms with Gasteiger partial charge in [0.05, 0.1) is 5.56 Å². The molecule has 0 aliphatic carbocycles. The van der Waals surface area contributed by atoms with Crippen molar-refractivity contribution in [1.29, 1.82) is 0 Å². The largest absolute Gasteiger partial charge is 0.342 e. The van der Waals surface area contributed by atoms with Crippen molar-refractivity contribution in [2.24, 2.45) is 0 Å². The fourth-order valence-electron chi connectivity index (χ4n) is 3.77. The average molecular weight is 420 g/mol. The summed E-state index contributed by atoms with van der Waals surface area (Å²) < 4.78 is 1.77. The summed E-state index contributed by atoms with van der Waals surface area (Å²) in [6.45, 7) is 7.93. The Balaban J connectivity index is 1.90. The third-order valence-electron chi connectivity index (χ3n) is 5.53. The van der Waals surface area contributed by atoms with Gasteiger partial charge >= 0.3 is 0 Å². The number of fused-ring (bicyclic) bond motifs is 1. The number of likely N-dealkylation sites (N-methyl/N-ethyl adjacent to an activating group) is 2. The highest BCUT2D eigenvalue weighted by Gasteiger charge is 2.26. The third-order valence-corrected chi connectivity index (χ3v) is 5.53. The van der Waals surface area contributed by atoms with Crippen LogP contribution in [-0.4, -0.2) is 51.6 Å². The van der Waals surface area contributed by atoms with Gasteiger partial charge in [0.1, 0.15) is 6.54 Å². The molecule has 0 bridgehead atoms. The van der Waals surface area contributed by atoms with Crippen molar-refractivity contribution in [2.45, 2.75) is 33.9 Å². The Morgan fingerprint density at radius 1 is 0.806 bits per heavy atom. The van der Waals surface area contributed by atoms with Crippen molar-refractivity contribution in [3.05, 3.63) is 71.9 Å². The van der Waals surface area contributed by atoms with Crippen LogP contribution in [0.1, 0.15) is 36.7 Å². The summed E-state index contributed by atoms with van der Waals surface area (Å²) >= 11 is 0. The Morgan fingerprint density at radius 2 is 1.42 bits per heavy atom. The number of para-hydroxylation sites is 1. The van der Waals surface area contributed by atoms with Crippen LogP contribution >= 0.6 is 0 Å². The summed E-state index contributed by atoms with van der Waals surface area (Å²) in [6.07, 6.45) is 1.64. The number of hydrogen-bond donors (Lipinski definition) is 0. The molecule has 6 heteroatoms. The van der Waals surface area contributed by atoms with Crippen LogP contribution in [0.25, 0.3) is 10.9 Å². The topological polar surface area (TPSA) is 62.6 Å². The zero-order valence-electron chi connectivity index (χ0n) is 18.4. The van der Waals surface area contributed by atoms with Crippen LogP contribution in [0.2, 0.25) is 0 Å². The first-order valence-electron chi connectivity index (χ1n) is 10.7. The average Bonchev–Trinajstić information content (AvgIpc) is 3.16. The molecule has 3 rings (SSSR count). The van der Waals surface area contributed by atoms with Crippen LogP contribution in [0, 0.1) is 0 Å². The molecule has 3 aromatic rings. The minimum Gasteiger partial charge on any atom is -0.342 e. The van der Waals surface area contributed by atoms with Gasteiger partial charge in [-0.1, -0.05) is 48.5 Å². The smallest absolute Gasteiger partial charge is 0.295 e. The lowest BCUT2D eigenvalue weighted by atomic mass is 10.1. The van der Waals surface area contributed by atoms with Crippen molar-refractivity contribution in [2.75, 3.05) is 19.6 Å². The van der Waals surface area contributed by atoms with Gasteiger partial charge < -0.3 is 14.4 Å². The van der Waals surface area contributed by atoms with E-state index in [0.29, 0.717) is 37.1 Å². The normalized spacial score (nSPS) is 10.8. The second-order valence-electron chi connectivity index (χ2n) is 7.39. The first-order chi connectivity index (χ1) is 15.0. The van der Waals surface area contributed by atoms with E-state index in [-0.39, 0.29) is 12.5 Å². The minimum absolute atomic E-state index is 0.0182. The highest BCUT2D eigenvalue weighted by atomic mass is 16.2. The van der Waals surface area contributed by atoms with E-state index in [2.05, 4.69) is 0 Å². The maximum Gasteiger partial charge on any atom is 0.295 e. The van der Waals surface area contributed by atoms with Gasteiger partial charge in [-0.05, 0) is 32.4 Å². The molecule has 0 spiro atoms. The summed E-state index contributed by atoms with van der Waals surface area (Å²) in [4.78, 5) is 42.2. The first-order valence-corrected chi connectivity index (χ1v) is 10.7. The van der Waals surface area contributed by atoms with Gasteiger partial charge in [-0.2, -0.15) is 0 Å². The molecule has 2 amide bonds. The Hall–Kier alpha value is -3.41. The SMILES string of the molecule is CCN(CC)C(=O)Cn1cc(C(=O)C(=O)N(CC)Cc2ccccc2)c2ccccc21. The summed E-state index contributed by atoms with van der Waals surface area (Å²) in [5.74, 6) is -1.11. The molecular weight excluding hydrogens is 390 g/mol. The van der Waals surface area contributed by atoms with E-state index in [9.17, 15) is 14.4 Å². The number of carbonyl (C=O) groups excluding carboxylic acids is 3. The van der Waals surface area contributed by atoms with E-state index in [0.717, 1.165) is 11.1 Å². The summed E-state index contributed by atoms with van der Waals surface area (Å²) in [6, 6.07) is 17.0. The Kier molecular flexibility index (Phi) is 7.23. The van der Waals surface area contributed by atoms with Crippen LogP contribution in [0.3, 0.4) is 0 Å². The molecule has 0 fully saturated rings. The summed E-state index contributed by atoms with van der Waals surface area (Å²) in [5.41, 5.74) is 2.07. The van der Waals surface area contributed by atoms with Crippen molar-refractivity contribution in [3.8, 4) is 0 Å². The lowest BCUT2D eigenvalue weighted by Crippen LogP contribution is -2.36. The van der Waals surface area contributed by atoms with E-state index in [4.69, 9.17) is 0 Å². The number of Topliss-reactive ketones (excluding diaryl/α,β-unsaturated/α-hetero) is 1. The standard InChI is InChI=1S/C25H29N3O3/c1-4-26(5-2)23(29)18-28-17-21(20-14-10-11-15-22(20)28)24(30)25(31)27(6-3)16-19-12-8-7-9-13-19/h7-15,17H,4-6,16,18H2,1-3H3. The quantitative estimate of drug-likeness (QED) is 0.392. The zero-order chi connectivity index (χ0) is 22.4. The Morgan fingerprint density at radius 3 is 2.06 bits per heavy atom. The molecule has 31 heavy (non-hydrogen) atoms. The number of nitrogens with zero attached hydrogens (tertiary/aromatic N) is 3. The van der Waals surface area contributed by atoms with Crippen molar-refractivity contribution in [3.63, 3.8) is 0 Å². The third kappa shape index (κ3) is 4.85. The van der Waals surface area contributed by atoms with E-state index < -0.39 is 11.7 Å². The molecule has 0 radical (unpaired) electrons. The molecule has 1 aromatic heterocycles. The van der Waals surface area contributed by atoms with Crippen molar-refractivity contribution < 1.29 is 14.4 Å². The Labute approximate surface area is 183 Å². The number of hydrogen-bond acceptors (Lipinski definition) is 3. The van der Waals surface area contributed by atoms with Gasteiger partial charge in [0.25, 0.3) is 11.7 Å². The van der Waals surface area contributed by atoms with Crippen LogP contribution in [0.4, 0.5) is 0 Å². The van der Waals surface area contributed by atoms with E-state index in [1.807, 2.05) is 75.4 Å². The minimum atomic E-state index is -0.553. The molecule has 6 nitrogen and oxygen atoms in total. The Bertz CT molecular complexity index is 1070. The second kappa shape index (κ2) is 10.1. The number of benzene rings is 2. The maximum atomic E-state index is 13.2. The number of rotatable bonds is 9. The molecule has 1 heterocycles. The van der Waals surface area contributed by atoms with E-state index in [1.54, 1.807) is 20.6 Å². The second-order valence-corrected chi connectivity index (χ2v) is 7.39. The summed E-state index contributed by atoms with van der Waals surface area (Å²) in [5, 5.41) is 0.684. The molecule has 0 saturated heterocycles. The van der Waals surface area contributed by atoms with E-state index in [1.165, 1.54) is 0 Å². The number of carbonyl (C=O) groups is 3. The van der Waals surface area contributed by atoms with Crippen molar-refractivity contribution >= 4 is 28.5 Å². The lowest BCUT2D eigenvalue weighted by molar-refractivity contribution is -0.131. The van der Waals surface area contributed by atoms with Crippen LogP contribution in [0.15, 0.2) is 60.8 Å². The molecular formula is C25H29N3O3. The molecule has 162 valence electrons. The van der Waals surface area contributed by atoms with Gasteiger partial charge in [0.2, 0.25) is 5.91 Å². The van der Waals surface area contributed by atoms with Crippen LogP contribution < -0.4 is 0 Å². The molecule has 0 saturated carbocycles. The van der Waals surface area contributed by atoms with Crippen LogP contribution in [-0.2, 0) is 22.7 Å². The highest BCUT2D eigenvalue weighted by Crippen LogP contribution is 2.23. The summed E-state index contributed by atoms with van der Waals surface area (Å²) in [7, 11) is 0. The number of ketones is 1. The fourth-order valence-corrected chi connectivity index (χ4v) is 3.77. The van der Waals surface area contributed by atoms with Gasteiger partial charge in [0.15, 0.2) is 0 Å². The maximum absolute atomic E-state index is 13.2. The monoisotopic (exact) mass is 419 g/mol. The highest BCUT2D eigenvalue weighted by molar-refractivity contribution is 6.44. The van der Waals surface area contributed by atoms with Gasteiger partial charge in [0, 0.05) is 43.3 Å². The first kappa shape index (κ1) is 22.3. The zero-order valence-corrected chi connectivity index (χ0v) is 18.4. The molecule has 0 aliphatic rings. The van der Waals surface area contributed by atoms with Gasteiger partial charge in [-0.25, -0.2) is 0 Å². The van der Waals surface area contributed by atoms with Crippen LogP contribution in [0.5, 0.6) is 0 Å². The fraction of sp³-hybridized carbons (Fsp3) is 0.320. The molecule has 0 aliphatic heterocycles. The van der Waals surface area contributed by atoms with Gasteiger partial charge in [-0.3, -0.25) is 14.4 Å². The van der Waals surface area contributed by atoms with Crippen molar-refractivity contribution in [1.82, 2.24) is 14.4 Å². The molecule has 0 N–H and O–H groups in total.